The monoisotopic (exact) mass is 264 g/mol. The van der Waals surface area contributed by atoms with Gasteiger partial charge in [0.2, 0.25) is 0 Å². The van der Waals surface area contributed by atoms with Crippen LogP contribution in [-0.2, 0) is 0 Å². The Morgan fingerprint density at radius 3 is 2.29 bits per heavy atom. The van der Waals surface area contributed by atoms with Crippen LogP contribution >= 0.6 is 23.4 Å². The predicted molar refractivity (Wildman–Crippen MR) is 72.5 cm³/mol. The third-order valence-corrected chi connectivity index (χ3v) is 3.52. The summed E-state index contributed by atoms with van der Waals surface area (Å²) >= 11 is 7.67. The summed E-state index contributed by atoms with van der Waals surface area (Å²) in [5, 5.41) is 2.46. The molecule has 0 saturated heterocycles. The smallest absolute Gasteiger partial charge is 0.123 e. The van der Waals surface area contributed by atoms with E-state index in [2.05, 4.69) is 0 Å². The van der Waals surface area contributed by atoms with E-state index in [0.29, 0.717) is 5.03 Å². The Morgan fingerprint density at radius 1 is 1.00 bits per heavy atom. The van der Waals surface area contributed by atoms with Crippen LogP contribution in [0.25, 0.3) is 5.03 Å². The standard InChI is InChI=1S/C14H10ClFS/c15-14(11-6-8-12(16)9-7-11)10-17-13-4-2-1-3-5-13/h1-10H/b14-10-. The van der Waals surface area contributed by atoms with Crippen LogP contribution in [0.15, 0.2) is 64.9 Å². The first-order valence-electron chi connectivity index (χ1n) is 5.09. The second kappa shape index (κ2) is 5.89. The second-order valence-corrected chi connectivity index (χ2v) is 4.75. The first-order valence-corrected chi connectivity index (χ1v) is 6.35. The van der Waals surface area contributed by atoms with Crippen molar-refractivity contribution in [3.63, 3.8) is 0 Å². The van der Waals surface area contributed by atoms with Gasteiger partial charge in [0.1, 0.15) is 5.82 Å². The maximum atomic E-state index is 12.7. The van der Waals surface area contributed by atoms with Crippen molar-refractivity contribution in [1.82, 2.24) is 0 Å². The molecule has 0 nitrogen and oxygen atoms in total. The number of benzene rings is 2. The van der Waals surface area contributed by atoms with E-state index in [4.69, 9.17) is 11.6 Å². The van der Waals surface area contributed by atoms with E-state index < -0.39 is 0 Å². The van der Waals surface area contributed by atoms with Crippen LogP contribution in [0.2, 0.25) is 0 Å². The van der Waals surface area contributed by atoms with E-state index in [1.807, 2.05) is 35.7 Å². The van der Waals surface area contributed by atoms with Crippen LogP contribution < -0.4 is 0 Å². The molecular formula is C14H10ClFS. The fraction of sp³-hybridized carbons (Fsp3) is 0. The van der Waals surface area contributed by atoms with Gasteiger partial charge in [0, 0.05) is 4.90 Å². The predicted octanol–water partition coefficient (Wildman–Crippen LogP) is 5.16. The Morgan fingerprint density at radius 2 is 1.65 bits per heavy atom. The lowest BCUT2D eigenvalue weighted by Crippen LogP contribution is -1.77. The molecule has 2 rings (SSSR count). The minimum absolute atomic E-state index is 0.256. The second-order valence-electron chi connectivity index (χ2n) is 3.40. The first-order chi connectivity index (χ1) is 8.25. The lowest BCUT2D eigenvalue weighted by molar-refractivity contribution is 0.628. The van der Waals surface area contributed by atoms with Crippen molar-refractivity contribution >= 4 is 28.4 Å². The molecular weight excluding hydrogens is 255 g/mol. The summed E-state index contributed by atoms with van der Waals surface area (Å²) in [5.74, 6) is -0.256. The molecule has 86 valence electrons. The Bertz CT molecular complexity index is 506. The van der Waals surface area contributed by atoms with E-state index in [9.17, 15) is 4.39 Å². The van der Waals surface area contributed by atoms with Gasteiger partial charge < -0.3 is 0 Å². The zero-order valence-electron chi connectivity index (χ0n) is 8.94. The van der Waals surface area contributed by atoms with Gasteiger partial charge in [0.15, 0.2) is 0 Å². The van der Waals surface area contributed by atoms with Gasteiger partial charge in [-0.15, -0.1) is 0 Å². The molecule has 0 aliphatic heterocycles. The molecule has 17 heavy (non-hydrogen) atoms. The lowest BCUT2D eigenvalue weighted by Gasteiger charge is -1.99. The van der Waals surface area contributed by atoms with Gasteiger partial charge in [-0.25, -0.2) is 4.39 Å². The fourth-order valence-corrected chi connectivity index (χ4v) is 2.25. The zero-order valence-corrected chi connectivity index (χ0v) is 10.5. The molecule has 0 unspecified atom stereocenters. The largest absolute Gasteiger partial charge is 0.207 e. The van der Waals surface area contributed by atoms with Crippen LogP contribution in [0.3, 0.4) is 0 Å². The maximum Gasteiger partial charge on any atom is 0.123 e. The number of hydrogen-bond donors (Lipinski definition) is 0. The quantitative estimate of drug-likeness (QED) is 0.691. The third kappa shape index (κ3) is 3.62. The van der Waals surface area contributed by atoms with E-state index in [1.54, 1.807) is 12.1 Å². The summed E-state index contributed by atoms with van der Waals surface area (Å²) in [6, 6.07) is 16.1. The molecule has 3 heteroatoms. The highest BCUT2D eigenvalue weighted by Gasteiger charge is 1.98. The molecule has 0 aliphatic carbocycles. The van der Waals surface area contributed by atoms with E-state index in [1.165, 1.54) is 23.9 Å². The van der Waals surface area contributed by atoms with Gasteiger partial charge in [-0.1, -0.05) is 53.7 Å². The molecule has 2 aromatic rings. The van der Waals surface area contributed by atoms with Gasteiger partial charge >= 0.3 is 0 Å². The molecule has 0 heterocycles. The molecule has 0 saturated carbocycles. The molecule has 0 amide bonds. The van der Waals surface area contributed by atoms with Crippen molar-refractivity contribution in [2.75, 3.05) is 0 Å². The van der Waals surface area contributed by atoms with Crippen molar-refractivity contribution in [3.8, 4) is 0 Å². The molecule has 0 N–H and O–H groups in total. The van der Waals surface area contributed by atoms with E-state index in [0.717, 1.165) is 10.5 Å². The maximum absolute atomic E-state index is 12.7. The lowest BCUT2D eigenvalue weighted by atomic mass is 10.2. The van der Waals surface area contributed by atoms with Crippen LogP contribution in [0.5, 0.6) is 0 Å². The molecule has 0 bridgehead atoms. The summed E-state index contributed by atoms with van der Waals surface area (Å²) < 4.78 is 12.7. The molecule has 0 aromatic heterocycles. The van der Waals surface area contributed by atoms with Crippen LogP contribution in [-0.4, -0.2) is 0 Å². The molecule has 0 spiro atoms. The van der Waals surface area contributed by atoms with Crippen LogP contribution in [0.4, 0.5) is 4.39 Å². The van der Waals surface area contributed by atoms with Crippen molar-refractivity contribution in [2.24, 2.45) is 0 Å². The first kappa shape index (κ1) is 12.2. The Kier molecular flexibility index (Phi) is 4.24. The normalized spacial score (nSPS) is 11.5. The highest BCUT2D eigenvalue weighted by molar-refractivity contribution is 8.02. The average molecular weight is 265 g/mol. The minimum atomic E-state index is -0.256. The topological polar surface area (TPSA) is 0 Å². The molecule has 0 atom stereocenters. The molecule has 0 fully saturated rings. The fourth-order valence-electron chi connectivity index (χ4n) is 1.30. The average Bonchev–Trinajstić information content (AvgIpc) is 2.38. The highest BCUT2D eigenvalue weighted by atomic mass is 35.5. The summed E-state index contributed by atoms with van der Waals surface area (Å²) in [7, 11) is 0. The van der Waals surface area contributed by atoms with Crippen molar-refractivity contribution in [3.05, 3.63) is 71.4 Å². The van der Waals surface area contributed by atoms with Gasteiger partial charge in [-0.2, -0.15) is 0 Å². The SMILES string of the molecule is Fc1ccc(/C(Cl)=C/Sc2ccccc2)cc1. The Balaban J connectivity index is 2.10. The zero-order chi connectivity index (χ0) is 12.1. The highest BCUT2D eigenvalue weighted by Crippen LogP contribution is 2.27. The van der Waals surface area contributed by atoms with Crippen LogP contribution in [0.1, 0.15) is 5.56 Å². The summed E-state index contributed by atoms with van der Waals surface area (Å²) in [5.41, 5.74) is 0.816. The van der Waals surface area contributed by atoms with Gasteiger partial charge in [0.25, 0.3) is 0 Å². The van der Waals surface area contributed by atoms with Gasteiger partial charge in [0.05, 0.1) is 5.03 Å². The van der Waals surface area contributed by atoms with Crippen molar-refractivity contribution in [2.45, 2.75) is 4.90 Å². The van der Waals surface area contributed by atoms with Crippen molar-refractivity contribution < 1.29 is 4.39 Å². The number of halogens is 2. The molecule has 2 aromatic carbocycles. The minimum Gasteiger partial charge on any atom is -0.207 e. The van der Waals surface area contributed by atoms with E-state index in [-0.39, 0.29) is 5.82 Å². The molecule has 0 aliphatic rings. The number of thioether (sulfide) groups is 1. The third-order valence-electron chi connectivity index (χ3n) is 2.16. The number of hydrogen-bond acceptors (Lipinski definition) is 1. The van der Waals surface area contributed by atoms with E-state index >= 15 is 0 Å². The van der Waals surface area contributed by atoms with Gasteiger partial charge in [-0.05, 0) is 35.2 Å². The Labute approximate surface area is 109 Å². The Hall–Kier alpha value is -1.25. The van der Waals surface area contributed by atoms with Gasteiger partial charge in [-0.3, -0.25) is 0 Å². The summed E-state index contributed by atoms with van der Waals surface area (Å²) in [6.07, 6.45) is 0. The molecule has 0 radical (unpaired) electrons. The number of rotatable bonds is 3. The van der Waals surface area contributed by atoms with Crippen LogP contribution in [0, 0.1) is 5.82 Å². The van der Waals surface area contributed by atoms with Crippen molar-refractivity contribution in [1.29, 1.82) is 0 Å². The summed E-state index contributed by atoms with van der Waals surface area (Å²) in [4.78, 5) is 1.12. The summed E-state index contributed by atoms with van der Waals surface area (Å²) in [6.45, 7) is 0.